The van der Waals surface area contributed by atoms with Crippen LogP contribution in [0.15, 0.2) is 52.2 Å². The van der Waals surface area contributed by atoms with Gasteiger partial charge < -0.3 is 15.3 Å². The van der Waals surface area contributed by atoms with Crippen molar-refractivity contribution in [2.24, 2.45) is 0 Å². The Morgan fingerprint density at radius 2 is 2.00 bits per heavy atom. The Balaban J connectivity index is 0.00000122. The van der Waals surface area contributed by atoms with E-state index in [1.807, 2.05) is 39.2 Å². The molecule has 0 saturated heterocycles. The Kier molecular flexibility index (Phi) is 9.59. The van der Waals surface area contributed by atoms with E-state index in [1.165, 1.54) is 22.2 Å². The first-order chi connectivity index (χ1) is 15.6. The average Bonchev–Trinajstić information content (AvgIpc) is 3.23. The Hall–Kier alpha value is -2.73. The van der Waals surface area contributed by atoms with Crippen LogP contribution in [-0.2, 0) is 21.4 Å². The molecule has 33 heavy (non-hydrogen) atoms. The first-order valence-electron chi connectivity index (χ1n) is 9.55. The fraction of sp³-hybridized carbons (Fsp3) is 0.238. The number of benzene rings is 2. The highest BCUT2D eigenvalue weighted by atomic mass is 35.5. The van der Waals surface area contributed by atoms with Crippen molar-refractivity contribution in [3.63, 3.8) is 0 Å². The van der Waals surface area contributed by atoms with Gasteiger partial charge in [0.1, 0.15) is 10.7 Å². The van der Waals surface area contributed by atoms with Crippen LogP contribution in [0.1, 0.15) is 24.1 Å². The molecule has 1 aromatic heterocycles. The number of aromatic nitrogens is 1. The van der Waals surface area contributed by atoms with E-state index in [-0.39, 0.29) is 23.4 Å². The molecule has 178 valence electrons. The molecule has 12 heteroatoms. The van der Waals surface area contributed by atoms with Crippen LogP contribution in [0.3, 0.4) is 0 Å². The summed E-state index contributed by atoms with van der Waals surface area (Å²) in [6, 6.07) is 10.1. The molecule has 0 amide bonds. The molecular weight excluding hydrogens is 491 g/mol. The van der Waals surface area contributed by atoms with Crippen LogP contribution < -0.4 is 10.0 Å². The van der Waals surface area contributed by atoms with Gasteiger partial charge in [-0.05, 0) is 44.3 Å². The van der Waals surface area contributed by atoms with Gasteiger partial charge in [-0.2, -0.15) is 0 Å². The first-order valence-corrected chi connectivity index (χ1v) is 12.4. The fourth-order valence-corrected chi connectivity index (χ4v) is 4.87. The van der Waals surface area contributed by atoms with Gasteiger partial charge in [0, 0.05) is 18.0 Å². The zero-order valence-electron chi connectivity index (χ0n) is 18.1. The third kappa shape index (κ3) is 7.67. The maximum Gasteiger partial charge on any atom is 0.290 e. The van der Waals surface area contributed by atoms with Gasteiger partial charge >= 0.3 is 0 Å². The number of hydrogen-bond donors (Lipinski definition) is 3. The second kappa shape index (κ2) is 11.9. The molecule has 0 fully saturated rings. The van der Waals surface area contributed by atoms with Gasteiger partial charge in [0.05, 0.1) is 16.2 Å². The van der Waals surface area contributed by atoms with E-state index >= 15 is 0 Å². The number of anilines is 2. The van der Waals surface area contributed by atoms with Crippen molar-refractivity contribution >= 4 is 50.9 Å². The molecule has 0 aliphatic heterocycles. The maximum absolute atomic E-state index is 14.7. The maximum atomic E-state index is 14.7. The molecule has 0 radical (unpaired) electrons. The second-order valence-electron chi connectivity index (χ2n) is 7.20. The smallest absolute Gasteiger partial charge is 0.290 e. The summed E-state index contributed by atoms with van der Waals surface area (Å²) in [5.74, 6) is -0.776. The van der Waals surface area contributed by atoms with Crippen molar-refractivity contribution in [1.29, 1.82) is 0 Å². The number of hydrogen-bond acceptors (Lipinski definition) is 7. The van der Waals surface area contributed by atoms with Gasteiger partial charge in [0.2, 0.25) is 0 Å². The molecule has 1 unspecified atom stereocenters. The molecule has 1 heterocycles. The summed E-state index contributed by atoms with van der Waals surface area (Å²) in [5.41, 5.74) is 3.95. The summed E-state index contributed by atoms with van der Waals surface area (Å²) in [6.07, 6.45) is 0. The van der Waals surface area contributed by atoms with Crippen molar-refractivity contribution in [3.8, 4) is 0 Å². The van der Waals surface area contributed by atoms with Crippen LogP contribution in [0.2, 0.25) is 5.02 Å². The van der Waals surface area contributed by atoms with Crippen molar-refractivity contribution in [1.82, 2.24) is 9.88 Å². The monoisotopic (exact) mass is 514 g/mol. The zero-order chi connectivity index (χ0) is 24.6. The topological polar surface area (TPSA) is 112 Å². The molecule has 0 spiro atoms. The van der Waals surface area contributed by atoms with Crippen LogP contribution in [0, 0.1) is 5.82 Å². The highest BCUT2D eigenvalue weighted by molar-refractivity contribution is 7.92. The van der Waals surface area contributed by atoms with Gasteiger partial charge in [-0.1, -0.05) is 35.9 Å². The van der Waals surface area contributed by atoms with E-state index in [4.69, 9.17) is 21.5 Å². The first kappa shape index (κ1) is 26.5. The van der Waals surface area contributed by atoms with Crippen molar-refractivity contribution < 1.29 is 22.7 Å². The largest absolute Gasteiger partial charge is 0.483 e. The Bertz CT molecular complexity index is 1180. The number of nitrogens with zero attached hydrogens (tertiary/aromatic N) is 2. The second-order valence-corrected chi connectivity index (χ2v) is 9.97. The Morgan fingerprint density at radius 1 is 1.30 bits per heavy atom. The third-order valence-corrected chi connectivity index (χ3v) is 6.57. The molecule has 8 nitrogen and oxygen atoms in total. The third-order valence-electron chi connectivity index (χ3n) is 4.30. The predicted octanol–water partition coefficient (Wildman–Crippen LogP) is 4.67. The summed E-state index contributed by atoms with van der Waals surface area (Å²) in [5, 5.41) is 11.7. The molecular formula is C21H24ClFN4O4S2. The molecule has 3 rings (SSSR count). The van der Waals surface area contributed by atoms with Crippen molar-refractivity contribution in [2.45, 2.75) is 24.4 Å². The lowest BCUT2D eigenvalue weighted by atomic mass is 10.0. The van der Waals surface area contributed by atoms with Crippen LogP contribution in [0.5, 0.6) is 0 Å². The lowest BCUT2D eigenvalue weighted by molar-refractivity contribution is -0.122. The normalized spacial score (nSPS) is 11.9. The molecule has 3 aromatic rings. The summed E-state index contributed by atoms with van der Waals surface area (Å²) < 4.78 is 41.9. The molecule has 3 N–H and O–H groups in total. The number of halogens is 2. The highest BCUT2D eigenvalue weighted by Gasteiger charge is 2.23. The van der Waals surface area contributed by atoms with Crippen LogP contribution in [0.25, 0.3) is 0 Å². The van der Waals surface area contributed by atoms with E-state index in [0.29, 0.717) is 5.69 Å². The number of thiazole rings is 1. The van der Waals surface area contributed by atoms with Gasteiger partial charge in [-0.3, -0.25) is 9.52 Å². The SMILES string of the molecule is CC(Nc1cc(F)c(S(=O)(=O)Nc2cscn2)cc1Cl)c1cccc(CN(C)C)c1.O=CO. The Labute approximate surface area is 201 Å². The van der Waals surface area contributed by atoms with E-state index in [1.54, 1.807) is 0 Å². The van der Waals surface area contributed by atoms with Gasteiger partial charge in [-0.15, -0.1) is 11.3 Å². The average molecular weight is 515 g/mol. The molecule has 0 aliphatic rings. The number of carbonyl (C=O) groups is 1. The van der Waals surface area contributed by atoms with Crippen LogP contribution in [-0.4, -0.2) is 44.0 Å². The van der Waals surface area contributed by atoms with Crippen LogP contribution >= 0.6 is 22.9 Å². The summed E-state index contributed by atoms with van der Waals surface area (Å²) in [6.45, 7) is 2.48. The van der Waals surface area contributed by atoms with Gasteiger partial charge in [0.25, 0.3) is 16.5 Å². The minimum atomic E-state index is -4.15. The van der Waals surface area contributed by atoms with E-state index in [2.05, 4.69) is 26.0 Å². The number of nitrogens with one attached hydrogen (secondary N) is 2. The highest BCUT2D eigenvalue weighted by Crippen LogP contribution is 2.31. The molecule has 0 aliphatic carbocycles. The quantitative estimate of drug-likeness (QED) is 0.374. The number of carboxylic acid groups (broad SMARTS) is 1. The minimum Gasteiger partial charge on any atom is -0.483 e. The predicted molar refractivity (Wildman–Crippen MR) is 129 cm³/mol. The molecule has 2 aromatic carbocycles. The Morgan fingerprint density at radius 3 is 2.61 bits per heavy atom. The minimum absolute atomic E-state index is 0.103. The van der Waals surface area contributed by atoms with Crippen molar-refractivity contribution in [3.05, 3.63) is 69.3 Å². The van der Waals surface area contributed by atoms with Gasteiger partial charge in [0.15, 0.2) is 5.82 Å². The lowest BCUT2D eigenvalue weighted by Crippen LogP contribution is -2.16. The van der Waals surface area contributed by atoms with Gasteiger partial charge in [-0.25, -0.2) is 17.8 Å². The summed E-state index contributed by atoms with van der Waals surface area (Å²) in [7, 11) is -0.157. The van der Waals surface area contributed by atoms with E-state index in [9.17, 15) is 12.8 Å². The van der Waals surface area contributed by atoms with E-state index in [0.717, 1.165) is 29.8 Å². The lowest BCUT2D eigenvalue weighted by Gasteiger charge is -2.19. The van der Waals surface area contributed by atoms with Crippen molar-refractivity contribution in [2.75, 3.05) is 24.1 Å². The van der Waals surface area contributed by atoms with Crippen LogP contribution in [0.4, 0.5) is 15.9 Å². The molecule has 0 saturated carbocycles. The zero-order valence-corrected chi connectivity index (χ0v) is 20.5. The molecule has 0 bridgehead atoms. The summed E-state index contributed by atoms with van der Waals surface area (Å²) in [4.78, 5) is 13.7. The number of sulfonamides is 1. The van der Waals surface area contributed by atoms with E-state index < -0.39 is 20.7 Å². The fourth-order valence-electron chi connectivity index (χ4n) is 2.94. The summed E-state index contributed by atoms with van der Waals surface area (Å²) >= 11 is 7.50. The standard InChI is InChI=1S/C20H22ClFN4O2S2.CH2O2/c1-13(15-6-4-5-14(7-15)10-26(2)3)24-18-9-17(22)19(8-16(18)21)30(27,28)25-20-11-29-12-23-20;2-1-3/h4-9,11-13,24-25H,10H2,1-3H3;1H,(H,2,3). The molecule has 1 atom stereocenters. The number of rotatable bonds is 8.